The minimum atomic E-state index is -2.64. The molecule has 0 radical (unpaired) electrons. The van der Waals surface area contributed by atoms with Crippen LogP contribution < -0.4 is 10.6 Å². The zero-order chi connectivity index (χ0) is 30.7. The monoisotopic (exact) mass is 582 g/mol. The van der Waals surface area contributed by atoms with E-state index < -0.39 is 58.0 Å². The number of nitrogens with zero attached hydrogens (tertiary/aromatic N) is 3. The first-order valence-electron chi connectivity index (χ1n) is 14.8. The summed E-state index contributed by atoms with van der Waals surface area (Å²) in [5.74, 6) is -6.33. The van der Waals surface area contributed by atoms with E-state index in [4.69, 9.17) is 5.73 Å². The van der Waals surface area contributed by atoms with Gasteiger partial charge in [0.05, 0.1) is 17.3 Å². The summed E-state index contributed by atoms with van der Waals surface area (Å²) in [6, 6.07) is 2.86. The number of hydrogen-bond acceptors (Lipinski definition) is 10. The van der Waals surface area contributed by atoms with Gasteiger partial charge in [0.2, 0.25) is 5.78 Å². The standard InChI is InChI=1S/C31H42N4O7/c1-5-6-11-35(18-9-12-34(4)13-10-18)20-8-7-16-14-17-15-19-24(33(2)3)27(38)23(30(32)41)29(40)31(19,42)28(39)22(17)26(37)21(16)25(20)36/h7-8,17-19,24,36-37,40,42H,5-6,9-15H2,1-4H3,(H2,32,41)/t17-,19-,24-,31-/m1/s1. The number of unbranched alkanes of at least 4 members (excludes halogenated alkanes) is 1. The van der Waals surface area contributed by atoms with Crippen molar-refractivity contribution in [2.75, 3.05) is 45.7 Å². The van der Waals surface area contributed by atoms with Gasteiger partial charge in [-0.05, 0) is 83.9 Å². The van der Waals surface area contributed by atoms with Crippen LogP contribution in [-0.4, -0.2) is 106 Å². The highest BCUT2D eigenvalue weighted by atomic mass is 16.3. The molecule has 1 amide bonds. The third-order valence-electron chi connectivity index (χ3n) is 9.76. The van der Waals surface area contributed by atoms with Crippen LogP contribution in [0.1, 0.15) is 50.2 Å². The van der Waals surface area contributed by atoms with Crippen LogP contribution in [0.5, 0.6) is 5.75 Å². The number of carbonyl (C=O) groups excluding carboxylic acids is 3. The molecule has 1 heterocycles. The maximum Gasteiger partial charge on any atom is 0.255 e. The van der Waals surface area contributed by atoms with Crippen molar-refractivity contribution in [2.24, 2.45) is 17.6 Å². The number of nitrogens with two attached hydrogens (primary N) is 1. The Morgan fingerprint density at radius 2 is 1.81 bits per heavy atom. The largest absolute Gasteiger partial charge is 0.508 e. The molecule has 42 heavy (non-hydrogen) atoms. The number of aliphatic hydroxyl groups excluding tert-OH is 2. The van der Waals surface area contributed by atoms with Crippen LogP contribution in [0.15, 0.2) is 29.0 Å². The Morgan fingerprint density at radius 3 is 2.40 bits per heavy atom. The van der Waals surface area contributed by atoms with E-state index in [9.17, 15) is 34.8 Å². The lowest BCUT2D eigenvalue weighted by molar-refractivity contribution is -0.153. The van der Waals surface area contributed by atoms with Crippen molar-refractivity contribution in [1.29, 1.82) is 0 Å². The molecule has 3 aliphatic carbocycles. The van der Waals surface area contributed by atoms with Gasteiger partial charge in [-0.2, -0.15) is 0 Å². The number of phenolic OH excluding ortho intramolecular Hbond substituents is 1. The average molecular weight is 583 g/mol. The molecular weight excluding hydrogens is 540 g/mol. The summed E-state index contributed by atoms with van der Waals surface area (Å²) < 4.78 is 0. The van der Waals surface area contributed by atoms with Crippen LogP contribution in [0.25, 0.3) is 5.76 Å². The molecule has 2 fully saturated rings. The number of aliphatic hydroxyl groups is 3. The minimum Gasteiger partial charge on any atom is -0.508 e. The summed E-state index contributed by atoms with van der Waals surface area (Å²) in [5, 5.41) is 46.1. The highest BCUT2D eigenvalue weighted by Gasteiger charge is 2.64. The molecule has 11 nitrogen and oxygen atoms in total. The van der Waals surface area contributed by atoms with E-state index in [1.165, 1.54) is 4.90 Å². The number of Topliss-reactive ketones (excluding diaryl/α,β-unsaturated/α-hetero) is 2. The van der Waals surface area contributed by atoms with E-state index in [1.807, 2.05) is 12.1 Å². The lowest BCUT2D eigenvalue weighted by atomic mass is 9.57. The Labute approximate surface area is 245 Å². The van der Waals surface area contributed by atoms with Gasteiger partial charge in [-0.1, -0.05) is 19.4 Å². The second-order valence-electron chi connectivity index (χ2n) is 12.5. The highest BCUT2D eigenvalue weighted by Crippen LogP contribution is 2.53. The van der Waals surface area contributed by atoms with Gasteiger partial charge in [0.15, 0.2) is 11.4 Å². The van der Waals surface area contributed by atoms with Gasteiger partial charge in [-0.15, -0.1) is 0 Å². The Morgan fingerprint density at radius 1 is 1.14 bits per heavy atom. The van der Waals surface area contributed by atoms with Crippen molar-refractivity contribution in [2.45, 2.75) is 63.1 Å². The second kappa shape index (κ2) is 11.0. The number of anilines is 1. The number of carbonyl (C=O) groups is 3. The van der Waals surface area contributed by atoms with Crippen molar-refractivity contribution in [3.05, 3.63) is 40.2 Å². The lowest BCUT2D eigenvalue weighted by Crippen LogP contribution is -2.65. The third-order valence-corrected chi connectivity index (χ3v) is 9.76. The summed E-state index contributed by atoms with van der Waals surface area (Å²) in [5.41, 5.74) is 3.19. The number of phenols is 1. The third kappa shape index (κ3) is 4.49. The molecule has 228 valence electrons. The minimum absolute atomic E-state index is 0.0759. The number of hydrogen-bond donors (Lipinski definition) is 5. The lowest BCUT2D eigenvalue weighted by Gasteiger charge is -2.50. The molecule has 1 aromatic rings. The maximum absolute atomic E-state index is 14.1. The first kappa shape index (κ1) is 30.1. The fraction of sp³-hybridized carbons (Fsp3) is 0.581. The smallest absolute Gasteiger partial charge is 0.255 e. The number of amides is 1. The molecular formula is C31H42N4O7. The summed E-state index contributed by atoms with van der Waals surface area (Å²) in [4.78, 5) is 45.5. The van der Waals surface area contributed by atoms with E-state index >= 15 is 0 Å². The first-order chi connectivity index (χ1) is 19.8. The molecule has 11 heteroatoms. The van der Waals surface area contributed by atoms with Gasteiger partial charge in [0.1, 0.15) is 22.8 Å². The zero-order valence-electron chi connectivity index (χ0n) is 24.8. The van der Waals surface area contributed by atoms with Crippen LogP contribution in [0, 0.1) is 11.8 Å². The predicted octanol–water partition coefficient (Wildman–Crippen LogP) is 1.66. The van der Waals surface area contributed by atoms with Gasteiger partial charge in [0.25, 0.3) is 5.91 Å². The van der Waals surface area contributed by atoms with E-state index in [1.54, 1.807) is 14.1 Å². The molecule has 0 spiro atoms. The number of aromatic hydroxyl groups is 1. The normalized spacial score (nSPS) is 28.6. The number of fused-ring (bicyclic) bond motifs is 3. The summed E-state index contributed by atoms with van der Waals surface area (Å²) in [6.07, 6.45) is 4.11. The number of piperidine rings is 1. The molecule has 4 atom stereocenters. The number of ketones is 2. The molecule has 1 aromatic carbocycles. The van der Waals surface area contributed by atoms with Crippen molar-refractivity contribution in [3.8, 4) is 5.75 Å². The predicted molar refractivity (Wildman–Crippen MR) is 157 cm³/mol. The van der Waals surface area contributed by atoms with Crippen molar-refractivity contribution in [3.63, 3.8) is 0 Å². The summed E-state index contributed by atoms with van der Waals surface area (Å²) >= 11 is 0. The van der Waals surface area contributed by atoms with Crippen LogP contribution in [0.2, 0.25) is 0 Å². The molecule has 5 rings (SSSR count). The van der Waals surface area contributed by atoms with Gasteiger partial charge in [0, 0.05) is 24.1 Å². The molecule has 0 aromatic heterocycles. The van der Waals surface area contributed by atoms with Crippen molar-refractivity contribution < 1.29 is 34.8 Å². The van der Waals surface area contributed by atoms with Crippen LogP contribution in [0.4, 0.5) is 5.69 Å². The van der Waals surface area contributed by atoms with Crippen LogP contribution in [-0.2, 0) is 20.8 Å². The Bertz CT molecular complexity index is 1380. The summed E-state index contributed by atoms with van der Waals surface area (Å²) in [7, 11) is 5.26. The Balaban J connectivity index is 1.62. The van der Waals surface area contributed by atoms with E-state index in [-0.39, 0.29) is 35.8 Å². The fourth-order valence-corrected chi connectivity index (χ4v) is 7.57. The number of rotatable bonds is 7. The quantitative estimate of drug-likeness (QED) is 0.298. The van der Waals surface area contributed by atoms with Crippen LogP contribution in [0.3, 0.4) is 0 Å². The number of primary amides is 1. The fourth-order valence-electron chi connectivity index (χ4n) is 7.57. The van der Waals surface area contributed by atoms with Gasteiger partial charge in [-0.3, -0.25) is 19.3 Å². The van der Waals surface area contributed by atoms with Crippen molar-refractivity contribution in [1.82, 2.24) is 9.80 Å². The van der Waals surface area contributed by atoms with E-state index in [0.29, 0.717) is 11.3 Å². The maximum atomic E-state index is 14.1. The number of likely N-dealkylation sites (N-methyl/N-ethyl adjacent to an activating group) is 1. The average Bonchev–Trinajstić information content (AvgIpc) is 2.92. The molecule has 6 N–H and O–H groups in total. The number of benzene rings is 1. The molecule has 0 unspecified atom stereocenters. The van der Waals surface area contributed by atoms with Gasteiger partial charge < -0.3 is 36.0 Å². The Kier molecular flexibility index (Phi) is 7.88. The van der Waals surface area contributed by atoms with Gasteiger partial charge >= 0.3 is 0 Å². The number of likely N-dealkylation sites (tertiary alicyclic amines) is 1. The van der Waals surface area contributed by atoms with Crippen LogP contribution >= 0.6 is 0 Å². The molecule has 1 aliphatic heterocycles. The molecule has 0 bridgehead atoms. The SMILES string of the molecule is CCCCN(c1ccc2c(c1O)C(O)=C1C(=O)[C@@]3(O)C(O)=C(C(N)=O)C(=O)[C@H](N(C)C)[C@H]3C[C@H]1C2)C1CCN(C)CC1. The first-order valence-corrected chi connectivity index (χ1v) is 14.8. The van der Waals surface area contributed by atoms with E-state index in [0.717, 1.165) is 45.3 Å². The topological polar surface area (TPSA) is 168 Å². The molecule has 1 saturated heterocycles. The second-order valence-corrected chi connectivity index (χ2v) is 12.5. The van der Waals surface area contributed by atoms with Gasteiger partial charge in [-0.25, -0.2) is 0 Å². The molecule has 4 aliphatic rings. The summed E-state index contributed by atoms with van der Waals surface area (Å²) in [6.45, 7) is 4.71. The van der Waals surface area contributed by atoms with Crippen molar-refractivity contribution >= 4 is 28.9 Å². The highest BCUT2D eigenvalue weighted by molar-refractivity contribution is 6.24. The van der Waals surface area contributed by atoms with E-state index in [2.05, 4.69) is 23.8 Å². The zero-order valence-corrected chi connectivity index (χ0v) is 24.8. The molecule has 1 saturated carbocycles. The Hall–Kier alpha value is -3.41.